The minimum atomic E-state index is 0.410. The van der Waals surface area contributed by atoms with Crippen LogP contribution in [0.4, 0.5) is 0 Å². The molecule has 0 aliphatic heterocycles. The summed E-state index contributed by atoms with van der Waals surface area (Å²) in [5, 5.41) is 0. The zero-order valence-electron chi connectivity index (χ0n) is 11.7. The van der Waals surface area contributed by atoms with Crippen molar-refractivity contribution in [2.24, 2.45) is 0 Å². The van der Waals surface area contributed by atoms with E-state index in [1.807, 2.05) is 61.5 Å². The fraction of sp³-hybridized carbons (Fsp3) is 0.118. The smallest absolute Gasteiger partial charge is 0.178 e. The molecule has 104 valence electrons. The second-order valence-corrected chi connectivity index (χ2v) is 4.64. The van der Waals surface area contributed by atoms with Crippen molar-refractivity contribution in [3.05, 3.63) is 72.2 Å². The Morgan fingerprint density at radius 2 is 1.76 bits per heavy atom. The van der Waals surface area contributed by atoms with Crippen LogP contribution in [0, 0.1) is 6.92 Å². The Kier molecular flexibility index (Phi) is 3.87. The number of pyridine rings is 1. The Morgan fingerprint density at radius 3 is 2.52 bits per heavy atom. The molecule has 2 aromatic heterocycles. The first kappa shape index (κ1) is 13.2. The summed E-state index contributed by atoms with van der Waals surface area (Å²) in [4.78, 5) is 13.2. The maximum Gasteiger partial charge on any atom is 0.178 e. The minimum Gasteiger partial charge on any atom is -0.487 e. The van der Waals surface area contributed by atoms with E-state index in [1.54, 1.807) is 6.20 Å². The maximum absolute atomic E-state index is 5.73. The lowest BCUT2D eigenvalue weighted by molar-refractivity contribution is 0.301. The third kappa shape index (κ3) is 3.42. The number of para-hydroxylation sites is 1. The van der Waals surface area contributed by atoms with E-state index < -0.39 is 0 Å². The van der Waals surface area contributed by atoms with Crippen molar-refractivity contribution in [3.8, 4) is 17.3 Å². The van der Waals surface area contributed by atoms with E-state index in [1.165, 1.54) is 0 Å². The normalized spacial score (nSPS) is 10.3. The molecule has 0 radical (unpaired) electrons. The molecule has 0 unspecified atom stereocenters. The molecule has 2 heterocycles. The van der Waals surface area contributed by atoms with Crippen LogP contribution in [-0.4, -0.2) is 15.0 Å². The predicted octanol–water partition coefficient (Wildman–Crippen LogP) is 3.43. The predicted molar refractivity (Wildman–Crippen MR) is 80.8 cm³/mol. The summed E-state index contributed by atoms with van der Waals surface area (Å²) in [6.07, 6.45) is 1.74. The minimum absolute atomic E-state index is 0.410. The van der Waals surface area contributed by atoms with Gasteiger partial charge in [-0.3, -0.25) is 4.98 Å². The van der Waals surface area contributed by atoms with Crippen LogP contribution in [0.5, 0.6) is 5.75 Å². The fourth-order valence-corrected chi connectivity index (χ4v) is 1.99. The molecule has 4 heteroatoms. The fourth-order valence-electron chi connectivity index (χ4n) is 1.99. The molecule has 21 heavy (non-hydrogen) atoms. The molecule has 4 nitrogen and oxygen atoms in total. The zero-order chi connectivity index (χ0) is 14.5. The Bertz CT molecular complexity index is 715. The Balaban J connectivity index is 1.82. The molecule has 0 fully saturated rings. The molecule has 3 aromatic rings. The molecule has 0 aliphatic rings. The van der Waals surface area contributed by atoms with Gasteiger partial charge in [0.25, 0.3) is 0 Å². The molecule has 0 amide bonds. The van der Waals surface area contributed by atoms with Crippen molar-refractivity contribution in [3.63, 3.8) is 0 Å². The molecule has 0 bridgehead atoms. The summed E-state index contributed by atoms with van der Waals surface area (Å²) in [7, 11) is 0. The van der Waals surface area contributed by atoms with Crippen LogP contribution in [0.25, 0.3) is 11.5 Å². The van der Waals surface area contributed by atoms with Crippen molar-refractivity contribution in [1.29, 1.82) is 0 Å². The second-order valence-electron chi connectivity index (χ2n) is 4.64. The van der Waals surface area contributed by atoms with Gasteiger partial charge < -0.3 is 4.74 Å². The monoisotopic (exact) mass is 277 g/mol. The summed E-state index contributed by atoms with van der Waals surface area (Å²) in [6, 6.07) is 17.3. The quantitative estimate of drug-likeness (QED) is 0.733. The molecule has 0 atom stereocenters. The lowest BCUT2D eigenvalue weighted by Crippen LogP contribution is -2.03. The third-order valence-corrected chi connectivity index (χ3v) is 2.93. The first-order chi connectivity index (χ1) is 10.3. The SMILES string of the molecule is Cc1cc(COc2ccccc2)nc(-c2ccccn2)n1. The van der Waals surface area contributed by atoms with Crippen molar-refractivity contribution in [2.75, 3.05) is 0 Å². The van der Waals surface area contributed by atoms with Gasteiger partial charge in [-0.15, -0.1) is 0 Å². The molecule has 0 saturated heterocycles. The standard InChI is InChI=1S/C17H15N3O/c1-13-11-14(12-21-15-7-3-2-4-8-15)20-17(19-13)16-9-5-6-10-18-16/h2-11H,12H2,1H3. The summed E-state index contributed by atoms with van der Waals surface area (Å²) in [6.45, 7) is 2.35. The molecule has 0 spiro atoms. The largest absolute Gasteiger partial charge is 0.487 e. The Hall–Kier alpha value is -2.75. The highest BCUT2D eigenvalue weighted by Gasteiger charge is 2.06. The van der Waals surface area contributed by atoms with E-state index in [2.05, 4.69) is 15.0 Å². The van der Waals surface area contributed by atoms with Crippen LogP contribution in [0.2, 0.25) is 0 Å². The van der Waals surface area contributed by atoms with Crippen LogP contribution in [0.3, 0.4) is 0 Å². The second kappa shape index (κ2) is 6.13. The molecular weight excluding hydrogens is 262 g/mol. The van der Waals surface area contributed by atoms with Gasteiger partial charge >= 0.3 is 0 Å². The number of benzene rings is 1. The number of hydrogen-bond donors (Lipinski definition) is 0. The van der Waals surface area contributed by atoms with Crippen LogP contribution in [0.1, 0.15) is 11.4 Å². The average Bonchev–Trinajstić information content (AvgIpc) is 2.54. The number of aromatic nitrogens is 3. The summed E-state index contributed by atoms with van der Waals surface area (Å²) >= 11 is 0. The van der Waals surface area contributed by atoms with Gasteiger partial charge in [-0.2, -0.15) is 0 Å². The Morgan fingerprint density at radius 1 is 0.952 bits per heavy atom. The van der Waals surface area contributed by atoms with Crippen LogP contribution in [-0.2, 0) is 6.61 Å². The molecule has 0 aliphatic carbocycles. The topological polar surface area (TPSA) is 47.9 Å². The lowest BCUT2D eigenvalue weighted by atomic mass is 10.3. The van der Waals surface area contributed by atoms with Crippen molar-refractivity contribution < 1.29 is 4.74 Å². The van der Waals surface area contributed by atoms with Crippen molar-refractivity contribution in [2.45, 2.75) is 13.5 Å². The maximum atomic E-state index is 5.73. The van der Waals surface area contributed by atoms with Gasteiger partial charge in [-0.25, -0.2) is 9.97 Å². The van der Waals surface area contributed by atoms with Gasteiger partial charge in [0.05, 0.1) is 5.69 Å². The molecule has 0 saturated carbocycles. The van der Waals surface area contributed by atoms with Gasteiger partial charge in [0, 0.05) is 11.9 Å². The van der Waals surface area contributed by atoms with Crippen LogP contribution >= 0.6 is 0 Å². The Labute approximate surface area is 123 Å². The third-order valence-electron chi connectivity index (χ3n) is 2.93. The van der Waals surface area contributed by atoms with Crippen molar-refractivity contribution in [1.82, 2.24) is 15.0 Å². The number of hydrogen-bond acceptors (Lipinski definition) is 4. The van der Waals surface area contributed by atoms with E-state index in [9.17, 15) is 0 Å². The van der Waals surface area contributed by atoms with Gasteiger partial charge in [0.15, 0.2) is 5.82 Å². The first-order valence-electron chi connectivity index (χ1n) is 6.75. The highest BCUT2D eigenvalue weighted by Crippen LogP contribution is 2.15. The summed E-state index contributed by atoms with van der Waals surface area (Å²) in [5.74, 6) is 1.45. The van der Waals surface area contributed by atoms with E-state index in [-0.39, 0.29) is 0 Å². The highest BCUT2D eigenvalue weighted by molar-refractivity contribution is 5.48. The molecule has 3 rings (SSSR count). The van der Waals surface area contributed by atoms with E-state index in [0.717, 1.165) is 22.8 Å². The van der Waals surface area contributed by atoms with Crippen molar-refractivity contribution >= 4 is 0 Å². The number of rotatable bonds is 4. The van der Waals surface area contributed by atoms with E-state index in [4.69, 9.17) is 4.74 Å². The summed E-state index contributed by atoms with van der Waals surface area (Å²) < 4.78 is 5.73. The molecular formula is C17H15N3O. The van der Waals surface area contributed by atoms with E-state index in [0.29, 0.717) is 12.4 Å². The van der Waals surface area contributed by atoms with Gasteiger partial charge in [0.2, 0.25) is 0 Å². The number of aryl methyl sites for hydroxylation is 1. The van der Waals surface area contributed by atoms with Gasteiger partial charge in [-0.05, 0) is 37.3 Å². The lowest BCUT2D eigenvalue weighted by Gasteiger charge is -2.08. The highest BCUT2D eigenvalue weighted by atomic mass is 16.5. The average molecular weight is 277 g/mol. The zero-order valence-corrected chi connectivity index (χ0v) is 11.7. The first-order valence-corrected chi connectivity index (χ1v) is 6.75. The summed E-state index contributed by atoms with van der Waals surface area (Å²) in [5.41, 5.74) is 2.51. The van der Waals surface area contributed by atoms with Gasteiger partial charge in [-0.1, -0.05) is 24.3 Å². The van der Waals surface area contributed by atoms with Crippen LogP contribution < -0.4 is 4.74 Å². The van der Waals surface area contributed by atoms with E-state index >= 15 is 0 Å². The number of nitrogens with zero attached hydrogens (tertiary/aromatic N) is 3. The molecule has 0 N–H and O–H groups in total. The number of ether oxygens (including phenoxy) is 1. The van der Waals surface area contributed by atoms with Gasteiger partial charge in [0.1, 0.15) is 18.1 Å². The molecule has 1 aromatic carbocycles. The van der Waals surface area contributed by atoms with Crippen LogP contribution in [0.15, 0.2) is 60.8 Å².